The fraction of sp³-hybridized carbons (Fsp3) is 0.760. The quantitative estimate of drug-likeness (QED) is 0.0583. The van der Waals surface area contributed by atoms with Crippen LogP contribution in [-0.2, 0) is 28.8 Å². The van der Waals surface area contributed by atoms with Gasteiger partial charge in [-0.1, -0.05) is 34.1 Å². The maximum absolute atomic E-state index is 13.0. The van der Waals surface area contributed by atoms with Gasteiger partial charge in [0.25, 0.3) is 0 Å². The summed E-state index contributed by atoms with van der Waals surface area (Å²) in [6.45, 7) is 4.15. The van der Waals surface area contributed by atoms with Crippen LogP contribution < -0.4 is 38.1 Å². The molecule has 0 bridgehead atoms. The highest BCUT2D eigenvalue weighted by molar-refractivity contribution is 5.96. The zero-order valence-corrected chi connectivity index (χ0v) is 24.5. The lowest BCUT2D eigenvalue weighted by Gasteiger charge is -2.28. The van der Waals surface area contributed by atoms with Crippen LogP contribution in [0.2, 0.25) is 0 Å². The van der Waals surface area contributed by atoms with Gasteiger partial charge in [-0.15, -0.1) is 0 Å². The third kappa shape index (κ3) is 13.1. The molecule has 0 unspecified atom stereocenters. The highest BCUT2D eigenvalue weighted by Crippen LogP contribution is 2.07. The van der Waals surface area contributed by atoms with Crippen LogP contribution in [0.25, 0.3) is 0 Å². The van der Waals surface area contributed by atoms with Gasteiger partial charge in [0.2, 0.25) is 29.5 Å². The number of hydrogen-bond donors (Lipinski definition) is 11. The van der Waals surface area contributed by atoms with E-state index in [0.717, 1.165) is 0 Å². The molecule has 42 heavy (non-hydrogen) atoms. The number of carboxylic acids is 1. The average Bonchev–Trinajstić information content (AvgIpc) is 2.93. The highest BCUT2D eigenvalue weighted by atomic mass is 16.4. The van der Waals surface area contributed by atoms with E-state index in [9.17, 15) is 39.0 Å². The molecule has 0 spiro atoms. The third-order valence-corrected chi connectivity index (χ3v) is 6.23. The Morgan fingerprint density at radius 3 is 1.33 bits per heavy atom. The van der Waals surface area contributed by atoms with E-state index in [-0.39, 0.29) is 0 Å². The van der Waals surface area contributed by atoms with Gasteiger partial charge in [-0.05, 0) is 31.2 Å². The Bertz CT molecular complexity index is 918. The molecule has 0 fully saturated rings. The minimum Gasteiger partial charge on any atom is -0.480 e. The largest absolute Gasteiger partial charge is 0.480 e. The summed E-state index contributed by atoms with van der Waals surface area (Å²) in [5.41, 5.74) is 11.3. The standard InChI is InChI=1S/C25H47N7O10/c1-12(2)18(31-20(36)14(27)7-5-6-8-26)23(39)29-16(10-34)22(38)32-19(13(3)4)24(40)28-15(9-33)21(37)30-17(11-35)25(41)42/h12-19,33-35H,5-11,26-27H2,1-4H3,(H,28,40)(H,29,39)(H,30,37)(H,31,36)(H,32,38)(H,41,42)/t14-,15-,16-,17-,18-,19-/m0/s1. The average molecular weight is 606 g/mol. The van der Waals surface area contributed by atoms with Gasteiger partial charge < -0.3 is 58.5 Å². The number of aliphatic hydroxyl groups excluding tert-OH is 3. The number of carbonyl (C=O) groups excluding carboxylic acids is 5. The molecular formula is C25H47N7O10. The van der Waals surface area contributed by atoms with Crippen LogP contribution in [0.4, 0.5) is 0 Å². The molecular weight excluding hydrogens is 558 g/mol. The molecule has 0 aliphatic rings. The molecule has 0 rings (SSSR count). The van der Waals surface area contributed by atoms with Crippen LogP contribution >= 0.6 is 0 Å². The van der Waals surface area contributed by atoms with Crippen molar-refractivity contribution in [1.82, 2.24) is 26.6 Å². The van der Waals surface area contributed by atoms with Crippen LogP contribution in [0.5, 0.6) is 0 Å². The topological polar surface area (TPSA) is 296 Å². The van der Waals surface area contributed by atoms with Gasteiger partial charge in [0.15, 0.2) is 0 Å². The molecule has 0 aliphatic heterocycles. The lowest BCUT2D eigenvalue weighted by molar-refractivity contribution is -0.143. The second-order valence-corrected chi connectivity index (χ2v) is 10.4. The van der Waals surface area contributed by atoms with E-state index in [1.54, 1.807) is 27.7 Å². The molecule has 0 heterocycles. The highest BCUT2D eigenvalue weighted by Gasteiger charge is 2.34. The van der Waals surface area contributed by atoms with Crippen molar-refractivity contribution in [2.24, 2.45) is 23.3 Å². The van der Waals surface area contributed by atoms with Crippen molar-refractivity contribution in [3.63, 3.8) is 0 Å². The summed E-state index contributed by atoms with van der Waals surface area (Å²) in [5, 5.41) is 48.8. The van der Waals surface area contributed by atoms with Crippen LogP contribution in [0, 0.1) is 11.8 Å². The van der Waals surface area contributed by atoms with Gasteiger partial charge in [0.1, 0.15) is 30.2 Å². The number of nitrogens with one attached hydrogen (secondary N) is 5. The van der Waals surface area contributed by atoms with Gasteiger partial charge in [-0.2, -0.15) is 0 Å². The molecule has 0 saturated heterocycles. The lowest BCUT2D eigenvalue weighted by atomic mass is 10.0. The molecule has 0 radical (unpaired) electrons. The number of aliphatic carboxylic acids is 1. The Hall–Kier alpha value is -3.38. The number of carboxylic acid groups (broad SMARTS) is 1. The Labute approximate surface area is 244 Å². The zero-order chi connectivity index (χ0) is 32.6. The first-order valence-corrected chi connectivity index (χ1v) is 13.7. The summed E-state index contributed by atoms with van der Waals surface area (Å²) in [6, 6.07) is -8.11. The summed E-state index contributed by atoms with van der Waals surface area (Å²) in [5.74, 6) is -6.87. The minimum atomic E-state index is -1.68. The maximum Gasteiger partial charge on any atom is 0.328 e. The predicted molar refractivity (Wildman–Crippen MR) is 149 cm³/mol. The molecule has 0 aromatic heterocycles. The molecule has 13 N–H and O–H groups in total. The van der Waals surface area contributed by atoms with Crippen molar-refractivity contribution >= 4 is 35.5 Å². The number of aliphatic hydroxyl groups is 3. The third-order valence-electron chi connectivity index (χ3n) is 6.23. The fourth-order valence-corrected chi connectivity index (χ4v) is 3.59. The van der Waals surface area contributed by atoms with E-state index in [0.29, 0.717) is 25.8 Å². The van der Waals surface area contributed by atoms with Crippen molar-refractivity contribution in [1.29, 1.82) is 0 Å². The molecule has 5 amide bonds. The number of nitrogens with two attached hydrogens (primary N) is 2. The minimum absolute atomic E-state index is 0.357. The van der Waals surface area contributed by atoms with Crippen LogP contribution in [0.1, 0.15) is 47.0 Å². The van der Waals surface area contributed by atoms with Crippen molar-refractivity contribution < 1.29 is 49.2 Å². The summed E-state index contributed by atoms with van der Waals surface area (Å²) in [7, 11) is 0. The van der Waals surface area contributed by atoms with Crippen molar-refractivity contribution in [2.75, 3.05) is 26.4 Å². The van der Waals surface area contributed by atoms with Crippen LogP contribution in [0.3, 0.4) is 0 Å². The second-order valence-electron chi connectivity index (χ2n) is 10.4. The van der Waals surface area contributed by atoms with Crippen molar-refractivity contribution in [3.05, 3.63) is 0 Å². The van der Waals surface area contributed by atoms with E-state index in [2.05, 4.69) is 21.3 Å². The number of amides is 5. The molecule has 0 aliphatic carbocycles. The number of carbonyl (C=O) groups is 6. The molecule has 17 heteroatoms. The van der Waals surface area contributed by atoms with E-state index in [1.807, 2.05) is 5.32 Å². The van der Waals surface area contributed by atoms with Crippen LogP contribution in [-0.4, -0.2) is 119 Å². The molecule has 0 aromatic rings. The molecule has 6 atom stereocenters. The van der Waals surface area contributed by atoms with Gasteiger partial charge in [-0.25, -0.2) is 4.79 Å². The first kappa shape index (κ1) is 38.6. The normalized spacial score (nSPS) is 15.5. The molecule has 0 saturated carbocycles. The summed E-state index contributed by atoms with van der Waals surface area (Å²) < 4.78 is 0. The van der Waals surface area contributed by atoms with E-state index in [4.69, 9.17) is 21.7 Å². The SMILES string of the molecule is CC(C)[C@H](NC(=O)[C@H](CO)NC(=O)[C@@H](NC(=O)[C@@H](N)CCCCN)C(C)C)C(=O)N[C@@H](CO)C(=O)N[C@@H](CO)C(=O)O. The predicted octanol–water partition coefficient (Wildman–Crippen LogP) is -4.76. The molecule has 17 nitrogen and oxygen atoms in total. The number of hydrogen-bond acceptors (Lipinski definition) is 11. The Kier molecular flexibility index (Phi) is 18.1. The van der Waals surface area contributed by atoms with Gasteiger partial charge in [0.05, 0.1) is 25.9 Å². The summed E-state index contributed by atoms with van der Waals surface area (Å²) in [4.78, 5) is 74.7. The Balaban J connectivity index is 5.47. The first-order chi connectivity index (χ1) is 19.6. The van der Waals surface area contributed by atoms with Crippen molar-refractivity contribution in [2.45, 2.75) is 83.2 Å². The zero-order valence-electron chi connectivity index (χ0n) is 24.5. The lowest BCUT2D eigenvalue weighted by Crippen LogP contribution is -2.61. The van der Waals surface area contributed by atoms with Crippen LogP contribution in [0.15, 0.2) is 0 Å². The van der Waals surface area contributed by atoms with Gasteiger partial charge in [-0.3, -0.25) is 24.0 Å². The first-order valence-electron chi connectivity index (χ1n) is 13.7. The van der Waals surface area contributed by atoms with Crippen molar-refractivity contribution in [3.8, 4) is 0 Å². The van der Waals surface area contributed by atoms with E-state index in [1.165, 1.54) is 0 Å². The Morgan fingerprint density at radius 1 is 0.595 bits per heavy atom. The van der Waals surface area contributed by atoms with Gasteiger partial charge in [0, 0.05) is 0 Å². The summed E-state index contributed by atoms with van der Waals surface area (Å²) >= 11 is 0. The second kappa shape index (κ2) is 19.7. The number of rotatable bonds is 20. The Morgan fingerprint density at radius 2 is 0.976 bits per heavy atom. The number of unbranched alkanes of at least 4 members (excludes halogenated alkanes) is 1. The maximum atomic E-state index is 13.0. The fourth-order valence-electron chi connectivity index (χ4n) is 3.59. The summed E-state index contributed by atoms with van der Waals surface area (Å²) in [6.07, 6.45) is 1.66. The van der Waals surface area contributed by atoms with Gasteiger partial charge >= 0.3 is 5.97 Å². The molecule has 242 valence electrons. The van der Waals surface area contributed by atoms with E-state index >= 15 is 0 Å². The van der Waals surface area contributed by atoms with E-state index < -0.39 is 103 Å². The monoisotopic (exact) mass is 605 g/mol. The smallest absolute Gasteiger partial charge is 0.328 e. The molecule has 0 aromatic carbocycles.